The zero-order chi connectivity index (χ0) is 17.9. The maximum absolute atomic E-state index is 11.7. The Balaban J connectivity index is 0.00000338. The highest BCUT2D eigenvalue weighted by atomic mass is 127. The SMILES string of the molecule is CCNC(=NCCc1cccs1)NCCc1cccc(C(=O)NC)c1.I. The van der Waals surface area contributed by atoms with Crippen LogP contribution in [0.4, 0.5) is 0 Å². The van der Waals surface area contributed by atoms with Gasteiger partial charge in [0, 0.05) is 43.5 Å². The second-order valence-corrected chi connectivity index (χ2v) is 6.58. The molecule has 7 heteroatoms. The number of halogens is 1. The molecule has 0 aliphatic heterocycles. The summed E-state index contributed by atoms with van der Waals surface area (Å²) >= 11 is 1.77. The Morgan fingerprint density at radius 3 is 2.69 bits per heavy atom. The predicted molar refractivity (Wildman–Crippen MR) is 121 cm³/mol. The standard InChI is InChI=1S/C19H26N4OS.HI/c1-3-21-19(23-12-10-17-8-5-13-25-17)22-11-9-15-6-4-7-16(14-15)18(24)20-2;/h4-8,13-14H,3,9-12H2,1-2H3,(H,20,24)(H2,21,22,23);1H. The van der Waals surface area contributed by atoms with Gasteiger partial charge >= 0.3 is 0 Å². The summed E-state index contributed by atoms with van der Waals surface area (Å²) in [5, 5.41) is 11.4. The van der Waals surface area contributed by atoms with Crippen LogP contribution in [0.5, 0.6) is 0 Å². The third-order valence-corrected chi connectivity index (χ3v) is 4.61. The first-order chi connectivity index (χ1) is 12.2. The molecule has 1 aromatic carbocycles. The van der Waals surface area contributed by atoms with Crippen molar-refractivity contribution in [3.8, 4) is 0 Å². The summed E-state index contributed by atoms with van der Waals surface area (Å²) in [7, 11) is 1.64. The van der Waals surface area contributed by atoms with E-state index in [4.69, 9.17) is 0 Å². The predicted octanol–water partition coefficient (Wildman–Crippen LogP) is 3.07. The van der Waals surface area contributed by atoms with Gasteiger partial charge in [-0.15, -0.1) is 35.3 Å². The third-order valence-electron chi connectivity index (χ3n) is 3.67. The second-order valence-electron chi connectivity index (χ2n) is 5.55. The Labute approximate surface area is 176 Å². The van der Waals surface area contributed by atoms with Crippen molar-refractivity contribution in [3.63, 3.8) is 0 Å². The van der Waals surface area contributed by atoms with Crippen molar-refractivity contribution in [2.45, 2.75) is 19.8 Å². The molecule has 0 atom stereocenters. The van der Waals surface area contributed by atoms with Crippen LogP contribution in [0.2, 0.25) is 0 Å². The first-order valence-electron chi connectivity index (χ1n) is 8.58. The summed E-state index contributed by atoms with van der Waals surface area (Å²) in [6.45, 7) is 4.42. The molecule has 3 N–H and O–H groups in total. The molecule has 0 aliphatic rings. The monoisotopic (exact) mass is 486 g/mol. The molecule has 26 heavy (non-hydrogen) atoms. The lowest BCUT2D eigenvalue weighted by molar-refractivity contribution is 0.0963. The molecule has 0 bridgehead atoms. The fourth-order valence-corrected chi connectivity index (χ4v) is 3.11. The zero-order valence-electron chi connectivity index (χ0n) is 15.2. The number of benzene rings is 1. The minimum atomic E-state index is -0.0571. The van der Waals surface area contributed by atoms with Crippen molar-refractivity contribution in [2.75, 3.05) is 26.7 Å². The third kappa shape index (κ3) is 7.74. The van der Waals surface area contributed by atoms with Crippen molar-refractivity contribution >= 4 is 47.2 Å². The average Bonchev–Trinajstić information content (AvgIpc) is 3.15. The van der Waals surface area contributed by atoms with Crippen molar-refractivity contribution < 1.29 is 4.79 Å². The Morgan fingerprint density at radius 1 is 1.15 bits per heavy atom. The zero-order valence-corrected chi connectivity index (χ0v) is 18.4. The van der Waals surface area contributed by atoms with Crippen LogP contribution in [0.15, 0.2) is 46.8 Å². The largest absolute Gasteiger partial charge is 0.357 e. The average molecular weight is 486 g/mol. The maximum atomic E-state index is 11.7. The number of hydrogen-bond donors (Lipinski definition) is 3. The highest BCUT2D eigenvalue weighted by Crippen LogP contribution is 2.09. The van der Waals surface area contributed by atoms with Gasteiger partial charge in [-0.2, -0.15) is 0 Å². The molecule has 2 rings (SSSR count). The van der Waals surface area contributed by atoms with E-state index in [2.05, 4.69) is 45.4 Å². The summed E-state index contributed by atoms with van der Waals surface area (Å²) in [5.74, 6) is 0.778. The number of carbonyl (C=O) groups excluding carboxylic acids is 1. The highest BCUT2D eigenvalue weighted by Gasteiger charge is 2.04. The van der Waals surface area contributed by atoms with Gasteiger partial charge in [0.25, 0.3) is 5.91 Å². The Morgan fingerprint density at radius 2 is 2.00 bits per heavy atom. The first-order valence-corrected chi connectivity index (χ1v) is 9.46. The van der Waals surface area contributed by atoms with E-state index >= 15 is 0 Å². The minimum absolute atomic E-state index is 0. The molecular weight excluding hydrogens is 459 g/mol. The number of amides is 1. The number of nitrogens with zero attached hydrogens (tertiary/aromatic N) is 1. The van der Waals surface area contributed by atoms with Gasteiger partial charge in [-0.05, 0) is 42.5 Å². The summed E-state index contributed by atoms with van der Waals surface area (Å²) in [6.07, 6.45) is 1.79. The molecule has 1 amide bonds. The molecular formula is C19H27IN4OS. The summed E-state index contributed by atoms with van der Waals surface area (Å²) < 4.78 is 0. The Kier molecular flexibility index (Phi) is 11.0. The Hall–Kier alpha value is -1.61. The van der Waals surface area contributed by atoms with Gasteiger partial charge in [0.15, 0.2) is 5.96 Å². The van der Waals surface area contributed by atoms with E-state index in [9.17, 15) is 4.79 Å². The van der Waals surface area contributed by atoms with Gasteiger partial charge < -0.3 is 16.0 Å². The molecule has 1 aromatic heterocycles. The van der Waals surface area contributed by atoms with Crippen LogP contribution in [0.1, 0.15) is 27.7 Å². The smallest absolute Gasteiger partial charge is 0.251 e. The molecule has 0 fully saturated rings. The lowest BCUT2D eigenvalue weighted by Gasteiger charge is -2.11. The number of aliphatic imine (C=N–C) groups is 1. The quantitative estimate of drug-likeness (QED) is 0.305. The van der Waals surface area contributed by atoms with Crippen LogP contribution in [0.3, 0.4) is 0 Å². The van der Waals surface area contributed by atoms with E-state index in [0.717, 1.165) is 44.0 Å². The van der Waals surface area contributed by atoms with E-state index in [-0.39, 0.29) is 29.9 Å². The summed E-state index contributed by atoms with van der Waals surface area (Å²) in [5.41, 5.74) is 1.82. The molecule has 2 aromatic rings. The van der Waals surface area contributed by atoms with Crippen LogP contribution in [0, 0.1) is 0 Å². The highest BCUT2D eigenvalue weighted by molar-refractivity contribution is 14.0. The number of rotatable bonds is 8. The van der Waals surface area contributed by atoms with Crippen LogP contribution < -0.4 is 16.0 Å². The van der Waals surface area contributed by atoms with Crippen LogP contribution in [-0.2, 0) is 12.8 Å². The fraction of sp³-hybridized carbons (Fsp3) is 0.368. The van der Waals surface area contributed by atoms with Crippen molar-refractivity contribution in [1.29, 1.82) is 0 Å². The number of guanidine groups is 1. The van der Waals surface area contributed by atoms with Gasteiger partial charge in [-0.25, -0.2) is 0 Å². The molecule has 5 nitrogen and oxygen atoms in total. The summed E-state index contributed by atoms with van der Waals surface area (Å²) in [6, 6.07) is 11.9. The van der Waals surface area contributed by atoms with E-state index in [1.807, 2.05) is 24.3 Å². The molecule has 142 valence electrons. The van der Waals surface area contributed by atoms with E-state index in [1.165, 1.54) is 4.88 Å². The molecule has 0 saturated heterocycles. The van der Waals surface area contributed by atoms with Crippen LogP contribution >= 0.6 is 35.3 Å². The maximum Gasteiger partial charge on any atom is 0.251 e. The summed E-state index contributed by atoms with van der Waals surface area (Å²) in [4.78, 5) is 17.7. The second kappa shape index (κ2) is 12.7. The molecule has 0 radical (unpaired) electrons. The van der Waals surface area contributed by atoms with Gasteiger partial charge in [-0.1, -0.05) is 18.2 Å². The van der Waals surface area contributed by atoms with Gasteiger partial charge in [0.1, 0.15) is 0 Å². The molecule has 0 saturated carbocycles. The van der Waals surface area contributed by atoms with Crippen LogP contribution in [-0.4, -0.2) is 38.5 Å². The van der Waals surface area contributed by atoms with E-state index in [1.54, 1.807) is 18.4 Å². The molecule has 0 unspecified atom stereocenters. The Bertz CT molecular complexity index is 689. The van der Waals surface area contributed by atoms with Gasteiger partial charge in [0.2, 0.25) is 0 Å². The van der Waals surface area contributed by atoms with Crippen molar-refractivity contribution in [3.05, 3.63) is 57.8 Å². The normalized spacial score (nSPS) is 10.8. The van der Waals surface area contributed by atoms with Crippen molar-refractivity contribution in [2.24, 2.45) is 4.99 Å². The number of hydrogen-bond acceptors (Lipinski definition) is 3. The van der Waals surface area contributed by atoms with Crippen molar-refractivity contribution in [1.82, 2.24) is 16.0 Å². The number of carbonyl (C=O) groups is 1. The lowest BCUT2D eigenvalue weighted by Crippen LogP contribution is -2.38. The molecule has 0 aliphatic carbocycles. The number of thiophene rings is 1. The first kappa shape index (κ1) is 22.4. The number of nitrogens with one attached hydrogen (secondary N) is 3. The molecule has 1 heterocycles. The minimum Gasteiger partial charge on any atom is -0.357 e. The van der Waals surface area contributed by atoms with E-state index in [0.29, 0.717) is 5.56 Å². The van der Waals surface area contributed by atoms with Gasteiger partial charge in [0.05, 0.1) is 0 Å². The van der Waals surface area contributed by atoms with Gasteiger partial charge in [-0.3, -0.25) is 9.79 Å². The molecule has 0 spiro atoms. The van der Waals surface area contributed by atoms with Crippen LogP contribution in [0.25, 0.3) is 0 Å². The fourth-order valence-electron chi connectivity index (χ4n) is 2.41. The lowest BCUT2D eigenvalue weighted by atomic mass is 10.1. The van der Waals surface area contributed by atoms with E-state index < -0.39 is 0 Å². The topological polar surface area (TPSA) is 65.5 Å².